The van der Waals surface area contributed by atoms with Gasteiger partial charge in [0.25, 0.3) is 11.6 Å². The largest absolute Gasteiger partial charge is 0.493 e. The third kappa shape index (κ3) is 3.22. The second kappa shape index (κ2) is 7.28. The van der Waals surface area contributed by atoms with Crippen molar-refractivity contribution in [2.75, 3.05) is 0 Å². The van der Waals surface area contributed by atoms with Crippen molar-refractivity contribution in [1.29, 1.82) is 0 Å². The third-order valence-electron chi connectivity index (χ3n) is 4.86. The molecule has 0 spiro atoms. The quantitative estimate of drug-likeness (QED) is 0.279. The number of amides is 1. The molecule has 30 heavy (non-hydrogen) atoms. The average molecular weight is 403 g/mol. The summed E-state index contributed by atoms with van der Waals surface area (Å²) in [6.45, 7) is 3.70. The number of H-pyrrole nitrogens is 1. The molecule has 0 saturated carbocycles. The van der Waals surface area contributed by atoms with Gasteiger partial charge in [-0.2, -0.15) is 0 Å². The minimum absolute atomic E-state index is 0.0288. The Labute approximate surface area is 170 Å². The normalized spacial score (nSPS) is 11.4. The number of nitrogens with one attached hydrogen (secondary N) is 1. The van der Waals surface area contributed by atoms with E-state index in [0.717, 1.165) is 11.4 Å². The van der Waals surface area contributed by atoms with Crippen LogP contribution in [0.1, 0.15) is 21.7 Å². The van der Waals surface area contributed by atoms with Crippen molar-refractivity contribution in [2.24, 2.45) is 10.2 Å². The lowest BCUT2D eigenvalue weighted by atomic mass is 10.2. The van der Waals surface area contributed by atoms with Crippen LogP contribution in [0.2, 0.25) is 0 Å². The molecule has 9 heteroatoms. The Hall–Kier alpha value is -4.27. The fraction of sp³-hybridized carbons (Fsp3) is 0.0952. The number of aryl methyl sites for hydroxylation is 1. The Kier molecular flexibility index (Phi) is 4.63. The van der Waals surface area contributed by atoms with Crippen LogP contribution >= 0.6 is 0 Å². The number of nitrogens with zero attached hydrogens (tertiary/aromatic N) is 4. The van der Waals surface area contributed by atoms with Crippen molar-refractivity contribution in [3.05, 3.63) is 81.7 Å². The van der Waals surface area contributed by atoms with Crippen molar-refractivity contribution in [3.63, 3.8) is 0 Å². The van der Waals surface area contributed by atoms with Crippen LogP contribution in [0.3, 0.4) is 0 Å². The SMILES string of the molecule is Cc1cc(C(=O)N=Nc2c(O)[nH]c3ccc([N+](=O)[O-])cc23)c(C)n1-c1ccccc1. The molecule has 0 saturated heterocycles. The number of hydrogen-bond donors (Lipinski definition) is 2. The second-order valence-electron chi connectivity index (χ2n) is 6.77. The average Bonchev–Trinajstić information content (AvgIpc) is 3.21. The maximum Gasteiger partial charge on any atom is 0.297 e. The van der Waals surface area contributed by atoms with Gasteiger partial charge in [0.1, 0.15) is 0 Å². The molecule has 0 fully saturated rings. The molecule has 2 heterocycles. The standard InChI is InChI=1S/C21H17N5O4/c1-12-10-16(13(2)25(12)14-6-4-3-5-7-14)20(27)24-23-19-17-11-15(26(29)30)8-9-18(17)22-21(19)28/h3-11,22,28H,1-2H3. The van der Waals surface area contributed by atoms with Gasteiger partial charge in [0.15, 0.2) is 5.69 Å². The van der Waals surface area contributed by atoms with E-state index in [0.29, 0.717) is 22.2 Å². The van der Waals surface area contributed by atoms with E-state index in [4.69, 9.17) is 0 Å². The number of non-ortho nitro benzene ring substituents is 1. The van der Waals surface area contributed by atoms with Crippen LogP contribution in [0.5, 0.6) is 5.88 Å². The molecule has 2 aromatic carbocycles. The summed E-state index contributed by atoms with van der Waals surface area (Å²) in [6.07, 6.45) is 0. The van der Waals surface area contributed by atoms with E-state index in [2.05, 4.69) is 15.2 Å². The maximum absolute atomic E-state index is 12.7. The van der Waals surface area contributed by atoms with Gasteiger partial charge in [0.05, 0.1) is 16.0 Å². The van der Waals surface area contributed by atoms with E-state index >= 15 is 0 Å². The van der Waals surface area contributed by atoms with E-state index in [9.17, 15) is 20.0 Å². The van der Waals surface area contributed by atoms with E-state index in [1.807, 2.05) is 48.7 Å². The van der Waals surface area contributed by atoms with Crippen molar-refractivity contribution in [3.8, 4) is 11.6 Å². The first-order chi connectivity index (χ1) is 14.4. The fourth-order valence-electron chi connectivity index (χ4n) is 3.47. The van der Waals surface area contributed by atoms with Gasteiger partial charge in [-0.3, -0.25) is 14.9 Å². The Morgan fingerprint density at radius 3 is 2.57 bits per heavy atom. The molecule has 0 bridgehead atoms. The van der Waals surface area contributed by atoms with Crippen molar-refractivity contribution in [2.45, 2.75) is 13.8 Å². The molecule has 0 aliphatic rings. The predicted octanol–water partition coefficient (Wildman–Crippen LogP) is 5.11. The summed E-state index contributed by atoms with van der Waals surface area (Å²) in [6, 6.07) is 15.4. The number of carbonyl (C=O) groups excluding carboxylic acids is 1. The van der Waals surface area contributed by atoms with E-state index in [-0.39, 0.29) is 17.3 Å². The van der Waals surface area contributed by atoms with Crippen LogP contribution < -0.4 is 0 Å². The lowest BCUT2D eigenvalue weighted by Crippen LogP contribution is -2.01. The molecule has 0 radical (unpaired) electrons. The first-order valence-corrected chi connectivity index (χ1v) is 9.06. The van der Waals surface area contributed by atoms with Gasteiger partial charge in [-0.25, -0.2) is 0 Å². The van der Waals surface area contributed by atoms with Crippen LogP contribution in [0.25, 0.3) is 16.6 Å². The predicted molar refractivity (Wildman–Crippen MR) is 111 cm³/mol. The molecule has 2 aromatic heterocycles. The number of aromatic hydroxyl groups is 1. The second-order valence-corrected chi connectivity index (χ2v) is 6.77. The molecule has 0 aliphatic heterocycles. The van der Waals surface area contributed by atoms with Crippen LogP contribution in [-0.4, -0.2) is 25.5 Å². The Bertz CT molecular complexity index is 1320. The topological polar surface area (TPSA) is 126 Å². The van der Waals surface area contributed by atoms with Crippen LogP contribution in [0.15, 0.2) is 64.8 Å². The highest BCUT2D eigenvalue weighted by atomic mass is 16.6. The molecule has 0 unspecified atom stereocenters. The van der Waals surface area contributed by atoms with Crippen molar-refractivity contribution < 1.29 is 14.8 Å². The molecule has 9 nitrogen and oxygen atoms in total. The molecule has 4 aromatic rings. The number of carbonyl (C=O) groups is 1. The number of rotatable bonds is 4. The molecular formula is C21H17N5O4. The van der Waals surface area contributed by atoms with Gasteiger partial charge in [0, 0.05) is 34.6 Å². The lowest BCUT2D eigenvalue weighted by Gasteiger charge is -2.08. The number of benzene rings is 2. The number of nitro benzene ring substituents is 1. The van der Waals surface area contributed by atoms with E-state index in [1.54, 1.807) is 6.07 Å². The number of nitro groups is 1. The summed E-state index contributed by atoms with van der Waals surface area (Å²) in [4.78, 5) is 25.9. The highest BCUT2D eigenvalue weighted by Crippen LogP contribution is 2.37. The zero-order valence-corrected chi connectivity index (χ0v) is 16.2. The Balaban J connectivity index is 1.71. The molecule has 150 valence electrons. The minimum Gasteiger partial charge on any atom is -0.493 e. The van der Waals surface area contributed by atoms with E-state index < -0.39 is 10.8 Å². The molecule has 0 aliphatic carbocycles. The van der Waals surface area contributed by atoms with E-state index in [1.165, 1.54) is 18.2 Å². The zero-order valence-electron chi connectivity index (χ0n) is 16.2. The van der Waals surface area contributed by atoms with Crippen molar-refractivity contribution in [1.82, 2.24) is 9.55 Å². The van der Waals surface area contributed by atoms with Crippen LogP contribution in [0, 0.1) is 24.0 Å². The highest BCUT2D eigenvalue weighted by Gasteiger charge is 2.18. The van der Waals surface area contributed by atoms with Crippen LogP contribution in [-0.2, 0) is 0 Å². The first kappa shape index (κ1) is 19.1. The number of aromatic nitrogens is 2. The smallest absolute Gasteiger partial charge is 0.297 e. The molecular weight excluding hydrogens is 386 g/mol. The highest BCUT2D eigenvalue weighted by molar-refractivity contribution is 5.98. The summed E-state index contributed by atoms with van der Waals surface area (Å²) in [5.41, 5.74) is 3.14. The maximum atomic E-state index is 12.7. The third-order valence-corrected chi connectivity index (χ3v) is 4.86. The van der Waals surface area contributed by atoms with Crippen molar-refractivity contribution >= 4 is 28.2 Å². The number of hydrogen-bond acceptors (Lipinski definition) is 5. The molecule has 4 rings (SSSR count). The van der Waals surface area contributed by atoms with Gasteiger partial charge in [0.2, 0.25) is 5.88 Å². The summed E-state index contributed by atoms with van der Waals surface area (Å²) in [7, 11) is 0. The Morgan fingerprint density at radius 1 is 1.13 bits per heavy atom. The summed E-state index contributed by atoms with van der Waals surface area (Å²) in [5, 5.41) is 29.1. The van der Waals surface area contributed by atoms with Gasteiger partial charge < -0.3 is 14.7 Å². The number of para-hydroxylation sites is 1. The monoisotopic (exact) mass is 403 g/mol. The summed E-state index contributed by atoms with van der Waals surface area (Å²) >= 11 is 0. The zero-order chi connectivity index (χ0) is 21.4. The minimum atomic E-state index is -0.579. The molecule has 0 atom stereocenters. The summed E-state index contributed by atoms with van der Waals surface area (Å²) < 4.78 is 1.94. The fourth-order valence-corrected chi connectivity index (χ4v) is 3.47. The van der Waals surface area contributed by atoms with Gasteiger partial charge in [-0.05, 0) is 38.1 Å². The first-order valence-electron chi connectivity index (χ1n) is 9.06. The van der Waals surface area contributed by atoms with Gasteiger partial charge in [-0.15, -0.1) is 10.2 Å². The van der Waals surface area contributed by atoms with Crippen LogP contribution in [0.4, 0.5) is 11.4 Å². The Morgan fingerprint density at radius 2 is 1.87 bits per heavy atom. The molecule has 1 amide bonds. The van der Waals surface area contributed by atoms with Gasteiger partial charge in [-0.1, -0.05) is 18.2 Å². The lowest BCUT2D eigenvalue weighted by molar-refractivity contribution is -0.384. The summed E-state index contributed by atoms with van der Waals surface area (Å²) in [5.74, 6) is -0.902. The number of aromatic amines is 1. The van der Waals surface area contributed by atoms with Gasteiger partial charge >= 0.3 is 0 Å². The molecule has 2 N–H and O–H groups in total. The number of azo groups is 1. The number of fused-ring (bicyclic) bond motifs is 1.